The molecule has 3 aromatic rings. The van der Waals surface area contributed by atoms with Crippen LogP contribution in [0.3, 0.4) is 0 Å². The van der Waals surface area contributed by atoms with E-state index >= 15 is 0 Å². The summed E-state index contributed by atoms with van der Waals surface area (Å²) in [6, 6.07) is 15.8. The van der Waals surface area contributed by atoms with Crippen LogP contribution in [0.2, 0.25) is 5.02 Å². The van der Waals surface area contributed by atoms with E-state index in [-0.39, 0.29) is 17.6 Å². The van der Waals surface area contributed by atoms with E-state index in [0.717, 1.165) is 16.7 Å². The fourth-order valence-electron chi connectivity index (χ4n) is 3.41. The van der Waals surface area contributed by atoms with Crippen molar-refractivity contribution in [3.05, 3.63) is 88.3 Å². The van der Waals surface area contributed by atoms with Gasteiger partial charge in [0.15, 0.2) is 5.76 Å². The highest BCUT2D eigenvalue weighted by Crippen LogP contribution is 2.27. The minimum absolute atomic E-state index is 0.218. The van der Waals surface area contributed by atoms with Gasteiger partial charge in [0.1, 0.15) is 6.04 Å². The van der Waals surface area contributed by atoms with Crippen LogP contribution in [0.15, 0.2) is 65.3 Å². The van der Waals surface area contributed by atoms with Crippen molar-refractivity contribution in [1.29, 1.82) is 0 Å². The normalized spacial score (nSPS) is 15.8. The molecule has 142 valence electrons. The monoisotopic (exact) mass is 394 g/mol. The Bertz CT molecular complexity index is 1030. The molecule has 1 aromatic heterocycles. The number of amides is 2. The highest BCUT2D eigenvalue weighted by molar-refractivity contribution is 6.31. The maximum atomic E-state index is 13.1. The zero-order valence-electron chi connectivity index (χ0n) is 15.3. The summed E-state index contributed by atoms with van der Waals surface area (Å²) in [4.78, 5) is 27.6. The molecule has 0 bridgehead atoms. The van der Waals surface area contributed by atoms with Gasteiger partial charge < -0.3 is 14.6 Å². The van der Waals surface area contributed by atoms with E-state index in [1.807, 2.05) is 37.3 Å². The molecular formula is C22H19ClN2O3. The standard InChI is InChI=1S/C22H19ClN2O3/c1-14-8-9-17(12-18(14)23)24-21(26)19-11-15-5-2-3-6-16(15)13-25(19)22(27)20-7-4-10-28-20/h2-10,12,19H,11,13H2,1H3,(H,24,26)/t19-/m1/s1. The number of rotatable bonds is 3. The van der Waals surface area contributed by atoms with Crippen LogP contribution in [0.25, 0.3) is 0 Å². The largest absolute Gasteiger partial charge is 0.459 e. The second kappa shape index (κ2) is 7.52. The molecule has 1 N–H and O–H groups in total. The number of nitrogens with one attached hydrogen (secondary N) is 1. The Labute approximate surface area is 167 Å². The third-order valence-electron chi connectivity index (χ3n) is 4.98. The Morgan fingerprint density at radius 2 is 1.89 bits per heavy atom. The first kappa shape index (κ1) is 18.3. The van der Waals surface area contributed by atoms with Gasteiger partial charge in [0.25, 0.3) is 5.91 Å². The van der Waals surface area contributed by atoms with E-state index < -0.39 is 6.04 Å². The van der Waals surface area contributed by atoms with Crippen LogP contribution in [-0.4, -0.2) is 22.8 Å². The predicted molar refractivity (Wildman–Crippen MR) is 107 cm³/mol. The molecule has 1 aliphatic heterocycles. The molecule has 5 nitrogen and oxygen atoms in total. The van der Waals surface area contributed by atoms with Crippen molar-refractivity contribution >= 4 is 29.1 Å². The molecule has 2 amide bonds. The van der Waals surface area contributed by atoms with Crippen LogP contribution < -0.4 is 5.32 Å². The average Bonchev–Trinajstić information content (AvgIpc) is 3.24. The molecule has 0 unspecified atom stereocenters. The van der Waals surface area contributed by atoms with Gasteiger partial charge in [-0.2, -0.15) is 0 Å². The van der Waals surface area contributed by atoms with Gasteiger partial charge in [0, 0.05) is 23.7 Å². The van der Waals surface area contributed by atoms with Gasteiger partial charge in [-0.25, -0.2) is 0 Å². The lowest BCUT2D eigenvalue weighted by molar-refractivity contribution is -0.121. The summed E-state index contributed by atoms with van der Waals surface area (Å²) in [7, 11) is 0. The first-order chi connectivity index (χ1) is 13.5. The van der Waals surface area contributed by atoms with E-state index in [1.54, 1.807) is 29.2 Å². The van der Waals surface area contributed by atoms with Gasteiger partial charge in [-0.15, -0.1) is 0 Å². The van der Waals surface area contributed by atoms with Gasteiger partial charge in [0.2, 0.25) is 5.91 Å². The highest BCUT2D eigenvalue weighted by atomic mass is 35.5. The second-order valence-corrected chi connectivity index (χ2v) is 7.26. The lowest BCUT2D eigenvalue weighted by atomic mass is 9.93. The van der Waals surface area contributed by atoms with Crippen molar-refractivity contribution < 1.29 is 14.0 Å². The SMILES string of the molecule is Cc1ccc(NC(=O)[C@H]2Cc3ccccc3CN2C(=O)c2ccco2)cc1Cl. The molecule has 0 spiro atoms. The number of aryl methyl sites for hydroxylation is 1. The first-order valence-corrected chi connectivity index (χ1v) is 9.39. The maximum absolute atomic E-state index is 13.1. The molecule has 0 saturated carbocycles. The van der Waals surface area contributed by atoms with Gasteiger partial charge >= 0.3 is 0 Å². The number of anilines is 1. The average molecular weight is 395 g/mol. The van der Waals surface area contributed by atoms with Crippen molar-refractivity contribution in [2.75, 3.05) is 5.32 Å². The number of furan rings is 1. The summed E-state index contributed by atoms with van der Waals surface area (Å²) in [5.74, 6) is -0.341. The molecule has 6 heteroatoms. The topological polar surface area (TPSA) is 62.6 Å². The molecule has 0 fully saturated rings. The summed E-state index contributed by atoms with van der Waals surface area (Å²) >= 11 is 6.17. The number of hydrogen-bond acceptors (Lipinski definition) is 3. The molecule has 4 rings (SSSR count). The molecule has 0 aliphatic carbocycles. The number of carbonyl (C=O) groups is 2. The van der Waals surface area contributed by atoms with Crippen LogP contribution in [0.1, 0.15) is 27.2 Å². The first-order valence-electron chi connectivity index (χ1n) is 9.01. The zero-order chi connectivity index (χ0) is 19.7. The van der Waals surface area contributed by atoms with Gasteiger partial charge in [-0.1, -0.05) is 41.9 Å². The van der Waals surface area contributed by atoms with Crippen molar-refractivity contribution in [3.63, 3.8) is 0 Å². The zero-order valence-corrected chi connectivity index (χ0v) is 16.1. The molecule has 1 atom stereocenters. The molecule has 1 aliphatic rings. The third kappa shape index (κ3) is 3.53. The molecular weight excluding hydrogens is 376 g/mol. The van der Waals surface area contributed by atoms with Crippen LogP contribution in [0.5, 0.6) is 0 Å². The van der Waals surface area contributed by atoms with Crippen LogP contribution in [0.4, 0.5) is 5.69 Å². The minimum Gasteiger partial charge on any atom is -0.459 e. The fraction of sp³-hybridized carbons (Fsp3) is 0.182. The Kier molecular flexibility index (Phi) is 4.92. The van der Waals surface area contributed by atoms with Gasteiger partial charge in [-0.3, -0.25) is 9.59 Å². The van der Waals surface area contributed by atoms with Crippen LogP contribution >= 0.6 is 11.6 Å². The lowest BCUT2D eigenvalue weighted by Gasteiger charge is -2.35. The van der Waals surface area contributed by atoms with Crippen molar-refractivity contribution in [1.82, 2.24) is 4.90 Å². The number of benzene rings is 2. The molecule has 28 heavy (non-hydrogen) atoms. The fourth-order valence-corrected chi connectivity index (χ4v) is 3.59. The molecule has 0 saturated heterocycles. The molecule has 2 aromatic carbocycles. The summed E-state index contributed by atoms with van der Waals surface area (Å²) in [5, 5.41) is 3.47. The minimum atomic E-state index is -0.646. The Hall–Kier alpha value is -3.05. The van der Waals surface area contributed by atoms with Crippen molar-refractivity contribution in [3.8, 4) is 0 Å². The third-order valence-corrected chi connectivity index (χ3v) is 5.39. The summed E-state index contributed by atoms with van der Waals surface area (Å²) in [6.45, 7) is 2.25. The summed E-state index contributed by atoms with van der Waals surface area (Å²) < 4.78 is 5.27. The van der Waals surface area contributed by atoms with Crippen LogP contribution in [-0.2, 0) is 17.8 Å². The quantitative estimate of drug-likeness (QED) is 0.714. The maximum Gasteiger partial charge on any atom is 0.290 e. The van der Waals surface area contributed by atoms with Crippen molar-refractivity contribution in [2.45, 2.75) is 25.9 Å². The number of fused-ring (bicyclic) bond motifs is 1. The Morgan fingerprint density at radius 3 is 2.61 bits per heavy atom. The highest BCUT2D eigenvalue weighted by Gasteiger charge is 2.36. The number of nitrogens with zero attached hydrogens (tertiary/aromatic N) is 1. The van der Waals surface area contributed by atoms with E-state index in [0.29, 0.717) is 23.7 Å². The second-order valence-electron chi connectivity index (χ2n) is 6.85. The number of carbonyl (C=O) groups excluding carboxylic acids is 2. The molecule has 0 radical (unpaired) electrons. The predicted octanol–water partition coefficient (Wildman–Crippen LogP) is 4.45. The number of hydrogen-bond donors (Lipinski definition) is 1. The van der Waals surface area contributed by atoms with E-state index in [9.17, 15) is 9.59 Å². The van der Waals surface area contributed by atoms with Gasteiger partial charge in [0.05, 0.1) is 6.26 Å². The van der Waals surface area contributed by atoms with E-state index in [2.05, 4.69) is 5.32 Å². The van der Waals surface area contributed by atoms with E-state index in [4.69, 9.17) is 16.0 Å². The Balaban J connectivity index is 1.64. The van der Waals surface area contributed by atoms with Crippen molar-refractivity contribution in [2.24, 2.45) is 0 Å². The van der Waals surface area contributed by atoms with E-state index in [1.165, 1.54) is 6.26 Å². The molecule has 2 heterocycles. The smallest absolute Gasteiger partial charge is 0.290 e. The summed E-state index contributed by atoms with van der Waals surface area (Å²) in [5.41, 5.74) is 3.63. The van der Waals surface area contributed by atoms with Crippen LogP contribution in [0, 0.1) is 6.92 Å². The summed E-state index contributed by atoms with van der Waals surface area (Å²) in [6.07, 6.45) is 1.89. The van der Waals surface area contributed by atoms with Gasteiger partial charge in [-0.05, 0) is 47.9 Å². The Morgan fingerprint density at radius 1 is 1.11 bits per heavy atom. The number of halogens is 1. The lowest BCUT2D eigenvalue weighted by Crippen LogP contribution is -2.50.